The Morgan fingerprint density at radius 1 is 1.41 bits per heavy atom. The zero-order chi connectivity index (χ0) is 12.9. The number of carbonyl (C=O) groups excluding carboxylic acids is 1. The van der Waals surface area contributed by atoms with Gasteiger partial charge in [-0.05, 0) is 19.8 Å². The molecule has 0 aromatic heterocycles. The van der Waals surface area contributed by atoms with Crippen molar-refractivity contribution in [2.24, 2.45) is 0 Å². The Morgan fingerprint density at radius 2 is 2.06 bits per heavy atom. The molecule has 100 valence electrons. The van der Waals surface area contributed by atoms with Crippen molar-refractivity contribution in [1.29, 1.82) is 0 Å². The van der Waals surface area contributed by atoms with Gasteiger partial charge in [0, 0.05) is 6.04 Å². The fraction of sp³-hybridized carbons (Fsp3) is 0.900. The lowest BCUT2D eigenvalue weighted by atomic mass is 9.93. The van der Waals surface area contributed by atoms with E-state index in [0.29, 0.717) is 12.8 Å². The van der Waals surface area contributed by atoms with Gasteiger partial charge in [0.15, 0.2) is 5.75 Å². The molecule has 1 aliphatic carbocycles. The molecule has 0 aliphatic heterocycles. The normalized spacial score (nSPS) is 25.5. The minimum atomic E-state index is -3.72. The van der Waals surface area contributed by atoms with E-state index in [0.717, 1.165) is 12.8 Å². The molecule has 0 heterocycles. The lowest BCUT2D eigenvalue weighted by molar-refractivity contribution is -0.139. The number of hydrogen-bond acceptors (Lipinski definition) is 5. The van der Waals surface area contributed by atoms with Gasteiger partial charge in [0.2, 0.25) is 10.0 Å². The Bertz CT molecular complexity index is 354. The van der Waals surface area contributed by atoms with Crippen LogP contribution in [0.25, 0.3) is 0 Å². The first-order valence-corrected chi connectivity index (χ1v) is 7.43. The molecule has 0 aromatic carbocycles. The van der Waals surface area contributed by atoms with Crippen LogP contribution >= 0.6 is 0 Å². The summed E-state index contributed by atoms with van der Waals surface area (Å²) >= 11 is 0. The SMILES string of the molecule is CCOC(=O)CS(=O)(=O)N[C@@H]1CCCC[C@H]1O. The molecule has 0 bridgehead atoms. The van der Waals surface area contributed by atoms with Crippen LogP contribution in [0.4, 0.5) is 0 Å². The maximum absolute atomic E-state index is 11.6. The van der Waals surface area contributed by atoms with Crippen molar-refractivity contribution in [2.45, 2.75) is 44.8 Å². The molecule has 1 aliphatic rings. The van der Waals surface area contributed by atoms with Gasteiger partial charge in [0.1, 0.15) is 0 Å². The summed E-state index contributed by atoms with van der Waals surface area (Å²) in [5, 5.41) is 9.63. The zero-order valence-electron chi connectivity index (χ0n) is 9.89. The first-order chi connectivity index (χ1) is 7.94. The van der Waals surface area contributed by atoms with Gasteiger partial charge < -0.3 is 9.84 Å². The second kappa shape index (κ2) is 6.32. The minimum Gasteiger partial charge on any atom is -0.465 e. The number of aliphatic hydroxyl groups is 1. The number of hydrogen-bond donors (Lipinski definition) is 2. The summed E-state index contributed by atoms with van der Waals surface area (Å²) in [6.07, 6.45) is 2.30. The number of rotatable bonds is 5. The Balaban J connectivity index is 2.50. The van der Waals surface area contributed by atoms with E-state index in [9.17, 15) is 18.3 Å². The van der Waals surface area contributed by atoms with E-state index < -0.39 is 33.9 Å². The quantitative estimate of drug-likeness (QED) is 0.670. The van der Waals surface area contributed by atoms with Gasteiger partial charge in [-0.25, -0.2) is 13.1 Å². The van der Waals surface area contributed by atoms with Crippen molar-refractivity contribution < 1.29 is 23.1 Å². The van der Waals surface area contributed by atoms with Crippen LogP contribution < -0.4 is 4.72 Å². The molecule has 0 unspecified atom stereocenters. The van der Waals surface area contributed by atoms with Crippen molar-refractivity contribution in [2.75, 3.05) is 12.4 Å². The van der Waals surface area contributed by atoms with Gasteiger partial charge >= 0.3 is 5.97 Å². The van der Waals surface area contributed by atoms with Crippen LogP contribution in [0.15, 0.2) is 0 Å². The minimum absolute atomic E-state index is 0.153. The Labute approximate surface area is 101 Å². The van der Waals surface area contributed by atoms with E-state index in [-0.39, 0.29) is 6.61 Å². The molecule has 17 heavy (non-hydrogen) atoms. The Kier molecular flexibility index (Phi) is 5.35. The molecule has 0 amide bonds. The second-order valence-corrected chi connectivity index (χ2v) is 5.89. The predicted molar refractivity (Wildman–Crippen MR) is 61.8 cm³/mol. The highest BCUT2D eigenvalue weighted by Gasteiger charge is 2.28. The summed E-state index contributed by atoms with van der Waals surface area (Å²) in [7, 11) is -3.72. The summed E-state index contributed by atoms with van der Waals surface area (Å²) in [6, 6.07) is -0.483. The van der Waals surface area contributed by atoms with Gasteiger partial charge in [0.05, 0.1) is 12.7 Å². The molecule has 0 aromatic rings. The molecule has 2 N–H and O–H groups in total. The lowest BCUT2D eigenvalue weighted by Crippen LogP contribution is -2.46. The maximum atomic E-state index is 11.6. The van der Waals surface area contributed by atoms with Gasteiger partial charge in [0.25, 0.3) is 0 Å². The first kappa shape index (κ1) is 14.4. The number of carbonyl (C=O) groups is 1. The number of esters is 1. The van der Waals surface area contributed by atoms with E-state index >= 15 is 0 Å². The molecule has 0 radical (unpaired) electrons. The van der Waals surface area contributed by atoms with E-state index in [1.165, 1.54) is 0 Å². The number of aliphatic hydroxyl groups excluding tert-OH is 1. The van der Waals surface area contributed by atoms with Gasteiger partial charge in [-0.1, -0.05) is 12.8 Å². The largest absolute Gasteiger partial charge is 0.465 e. The lowest BCUT2D eigenvalue weighted by Gasteiger charge is -2.27. The van der Waals surface area contributed by atoms with Crippen molar-refractivity contribution >= 4 is 16.0 Å². The van der Waals surface area contributed by atoms with Crippen LogP contribution in [0.2, 0.25) is 0 Å². The molecule has 0 spiro atoms. The number of nitrogens with one attached hydrogen (secondary N) is 1. The Morgan fingerprint density at radius 3 is 2.65 bits per heavy atom. The fourth-order valence-electron chi connectivity index (χ4n) is 1.88. The van der Waals surface area contributed by atoms with Gasteiger partial charge in [-0.3, -0.25) is 4.79 Å². The van der Waals surface area contributed by atoms with Crippen LogP contribution in [0.3, 0.4) is 0 Å². The highest BCUT2D eigenvalue weighted by Crippen LogP contribution is 2.18. The highest BCUT2D eigenvalue weighted by atomic mass is 32.2. The molecular formula is C10H19NO5S. The summed E-state index contributed by atoms with van der Waals surface area (Å²) in [5.74, 6) is -1.46. The van der Waals surface area contributed by atoms with Crippen LogP contribution in [0.5, 0.6) is 0 Å². The molecule has 1 saturated carbocycles. The van der Waals surface area contributed by atoms with Crippen LogP contribution in [-0.4, -0.2) is 44.0 Å². The third-order valence-corrected chi connectivity index (χ3v) is 3.95. The number of sulfonamides is 1. The maximum Gasteiger partial charge on any atom is 0.322 e. The average Bonchev–Trinajstić information content (AvgIpc) is 2.20. The average molecular weight is 265 g/mol. The molecular weight excluding hydrogens is 246 g/mol. The monoisotopic (exact) mass is 265 g/mol. The van der Waals surface area contributed by atoms with Crippen molar-refractivity contribution in [3.63, 3.8) is 0 Å². The van der Waals surface area contributed by atoms with Crippen LogP contribution in [0.1, 0.15) is 32.6 Å². The summed E-state index contributed by atoms with van der Waals surface area (Å²) < 4.78 is 30.1. The number of ether oxygens (including phenoxy) is 1. The third kappa shape index (κ3) is 5.01. The van der Waals surface area contributed by atoms with Crippen molar-refractivity contribution in [3.8, 4) is 0 Å². The Hall–Kier alpha value is -0.660. The summed E-state index contributed by atoms with van der Waals surface area (Å²) in [4.78, 5) is 11.1. The molecule has 1 fully saturated rings. The molecule has 0 saturated heterocycles. The van der Waals surface area contributed by atoms with Crippen LogP contribution in [-0.2, 0) is 19.6 Å². The van der Waals surface area contributed by atoms with E-state index in [2.05, 4.69) is 9.46 Å². The molecule has 7 heteroatoms. The van der Waals surface area contributed by atoms with E-state index in [4.69, 9.17) is 0 Å². The van der Waals surface area contributed by atoms with Gasteiger partial charge in [-0.2, -0.15) is 0 Å². The zero-order valence-corrected chi connectivity index (χ0v) is 10.7. The van der Waals surface area contributed by atoms with Crippen molar-refractivity contribution in [1.82, 2.24) is 4.72 Å². The van der Waals surface area contributed by atoms with Crippen LogP contribution in [0, 0.1) is 0 Å². The fourth-order valence-corrected chi connectivity index (χ4v) is 3.09. The highest BCUT2D eigenvalue weighted by molar-refractivity contribution is 7.90. The van der Waals surface area contributed by atoms with Crippen molar-refractivity contribution in [3.05, 3.63) is 0 Å². The molecule has 2 atom stereocenters. The van der Waals surface area contributed by atoms with E-state index in [1.807, 2.05) is 0 Å². The summed E-state index contributed by atoms with van der Waals surface area (Å²) in [5.41, 5.74) is 0. The predicted octanol–water partition coefficient (Wildman–Crippen LogP) is -0.228. The summed E-state index contributed by atoms with van der Waals surface area (Å²) in [6.45, 7) is 1.77. The second-order valence-electron chi connectivity index (χ2n) is 4.14. The van der Waals surface area contributed by atoms with Gasteiger partial charge in [-0.15, -0.1) is 0 Å². The van der Waals surface area contributed by atoms with E-state index in [1.54, 1.807) is 6.92 Å². The molecule has 6 nitrogen and oxygen atoms in total. The standard InChI is InChI=1S/C10H19NO5S/c1-2-16-10(13)7-17(14,15)11-8-5-3-4-6-9(8)12/h8-9,11-12H,2-7H2,1H3/t8-,9-/m1/s1. The molecule has 1 rings (SSSR count). The topological polar surface area (TPSA) is 92.7 Å². The first-order valence-electron chi connectivity index (χ1n) is 5.78. The smallest absolute Gasteiger partial charge is 0.322 e. The third-order valence-electron chi connectivity index (χ3n) is 2.67.